The lowest BCUT2D eigenvalue weighted by Crippen LogP contribution is -2.22. The van der Waals surface area contributed by atoms with E-state index in [-0.39, 0.29) is 11.8 Å². The molecule has 0 radical (unpaired) electrons. The van der Waals surface area contributed by atoms with Crippen LogP contribution in [0.25, 0.3) is 0 Å². The molecule has 4 nitrogen and oxygen atoms in total. The normalized spacial score (nSPS) is 11.2. The minimum absolute atomic E-state index is 0.0944. The van der Waals surface area contributed by atoms with Gasteiger partial charge in [0.15, 0.2) is 0 Å². The molecule has 5 heteroatoms. The number of hydrogen-bond donors (Lipinski definition) is 2. The summed E-state index contributed by atoms with van der Waals surface area (Å²) in [4.78, 5) is 0. The zero-order chi connectivity index (χ0) is 11.3. The van der Waals surface area contributed by atoms with Crippen LogP contribution in [-0.2, 0) is 0 Å². The monoisotopic (exact) mass is 208 g/mol. The van der Waals surface area contributed by atoms with Crippen molar-refractivity contribution in [2.75, 3.05) is 0 Å². The summed E-state index contributed by atoms with van der Waals surface area (Å²) in [6.45, 7) is 1.92. The van der Waals surface area contributed by atoms with Crippen LogP contribution in [-0.4, -0.2) is 11.7 Å². The minimum atomic E-state index is -0.281. The number of benzene rings is 1. The van der Waals surface area contributed by atoms with Crippen LogP contribution < -0.4 is 11.5 Å². The summed E-state index contributed by atoms with van der Waals surface area (Å²) in [6.07, 6.45) is 0.669. The van der Waals surface area contributed by atoms with Gasteiger partial charge in [0.1, 0.15) is 5.82 Å². The molecule has 4 N–H and O–H groups in total. The standard InChI is InChI=1S/C10H13FN4/c1-2-9(14-15-10(12)13)7-3-5-8(11)6-4-7/h3-6H,2H2,1H3,(H4,12,13,15). The lowest BCUT2D eigenvalue weighted by atomic mass is 10.1. The summed E-state index contributed by atoms with van der Waals surface area (Å²) >= 11 is 0. The average Bonchev–Trinajstić information content (AvgIpc) is 2.21. The van der Waals surface area contributed by atoms with Crippen LogP contribution in [0.15, 0.2) is 34.5 Å². The lowest BCUT2D eigenvalue weighted by Gasteiger charge is -2.01. The Morgan fingerprint density at radius 2 is 1.80 bits per heavy atom. The smallest absolute Gasteiger partial charge is 0.211 e. The molecule has 1 rings (SSSR count). The van der Waals surface area contributed by atoms with E-state index in [1.54, 1.807) is 12.1 Å². The third-order valence-corrected chi connectivity index (χ3v) is 1.80. The van der Waals surface area contributed by atoms with Crippen LogP contribution in [0.2, 0.25) is 0 Å². The highest BCUT2D eigenvalue weighted by Crippen LogP contribution is 2.07. The first-order valence-corrected chi connectivity index (χ1v) is 4.55. The quantitative estimate of drug-likeness (QED) is 0.445. The van der Waals surface area contributed by atoms with Crippen molar-refractivity contribution in [2.45, 2.75) is 13.3 Å². The molecular weight excluding hydrogens is 195 g/mol. The number of rotatable bonds is 3. The first kappa shape index (κ1) is 11.2. The molecule has 0 atom stereocenters. The molecule has 0 fully saturated rings. The Kier molecular flexibility index (Phi) is 3.79. The van der Waals surface area contributed by atoms with E-state index in [1.807, 2.05) is 6.92 Å². The summed E-state index contributed by atoms with van der Waals surface area (Å²) in [6, 6.07) is 6.02. The van der Waals surface area contributed by atoms with Crippen LogP contribution in [0.5, 0.6) is 0 Å². The van der Waals surface area contributed by atoms with Gasteiger partial charge in [-0.15, -0.1) is 5.10 Å². The van der Waals surface area contributed by atoms with Gasteiger partial charge in [-0.05, 0) is 24.1 Å². The third-order valence-electron chi connectivity index (χ3n) is 1.80. The van der Waals surface area contributed by atoms with Crippen molar-refractivity contribution < 1.29 is 4.39 Å². The first-order valence-electron chi connectivity index (χ1n) is 4.55. The predicted octanol–water partition coefficient (Wildman–Crippen LogP) is 1.21. The largest absolute Gasteiger partial charge is 0.369 e. The Hall–Kier alpha value is -1.91. The average molecular weight is 208 g/mol. The van der Waals surface area contributed by atoms with Gasteiger partial charge in [0, 0.05) is 0 Å². The Bertz CT molecular complexity index is 377. The van der Waals surface area contributed by atoms with Crippen molar-refractivity contribution in [3.63, 3.8) is 0 Å². The molecule has 0 spiro atoms. The van der Waals surface area contributed by atoms with Crippen molar-refractivity contribution >= 4 is 11.7 Å². The fourth-order valence-electron chi connectivity index (χ4n) is 1.09. The maximum Gasteiger partial charge on any atom is 0.211 e. The van der Waals surface area contributed by atoms with Crippen molar-refractivity contribution in [1.29, 1.82) is 0 Å². The summed E-state index contributed by atoms with van der Waals surface area (Å²) in [5.74, 6) is -0.376. The maximum absolute atomic E-state index is 12.7. The Labute approximate surface area is 87.5 Å². The van der Waals surface area contributed by atoms with Gasteiger partial charge in [-0.1, -0.05) is 19.1 Å². The second kappa shape index (κ2) is 5.09. The van der Waals surface area contributed by atoms with Crippen molar-refractivity contribution in [1.82, 2.24) is 0 Å². The minimum Gasteiger partial charge on any atom is -0.369 e. The van der Waals surface area contributed by atoms with Gasteiger partial charge in [-0.25, -0.2) is 4.39 Å². The maximum atomic E-state index is 12.7. The van der Waals surface area contributed by atoms with Crippen molar-refractivity contribution in [2.24, 2.45) is 21.7 Å². The summed E-state index contributed by atoms with van der Waals surface area (Å²) in [5, 5.41) is 7.43. The number of hydrogen-bond acceptors (Lipinski definition) is 2. The zero-order valence-corrected chi connectivity index (χ0v) is 8.44. The molecule has 0 heterocycles. The van der Waals surface area contributed by atoms with E-state index in [0.717, 1.165) is 5.56 Å². The molecule has 0 amide bonds. The molecule has 0 bridgehead atoms. The zero-order valence-electron chi connectivity index (χ0n) is 8.44. The molecule has 0 saturated carbocycles. The lowest BCUT2D eigenvalue weighted by molar-refractivity contribution is 0.627. The van der Waals surface area contributed by atoms with Crippen LogP contribution in [0.1, 0.15) is 18.9 Å². The molecule has 0 aliphatic carbocycles. The molecular formula is C10H13FN4. The van der Waals surface area contributed by atoms with Crippen LogP contribution in [0, 0.1) is 5.82 Å². The fraction of sp³-hybridized carbons (Fsp3) is 0.200. The van der Waals surface area contributed by atoms with Gasteiger partial charge in [0.05, 0.1) is 5.71 Å². The Balaban J connectivity index is 2.97. The Morgan fingerprint density at radius 3 is 2.27 bits per heavy atom. The van der Waals surface area contributed by atoms with E-state index >= 15 is 0 Å². The van der Waals surface area contributed by atoms with Crippen LogP contribution >= 0.6 is 0 Å². The van der Waals surface area contributed by atoms with Gasteiger partial charge in [-0.3, -0.25) is 0 Å². The van der Waals surface area contributed by atoms with Gasteiger partial charge < -0.3 is 11.5 Å². The van der Waals surface area contributed by atoms with Gasteiger partial charge in [0.2, 0.25) is 5.96 Å². The highest BCUT2D eigenvalue weighted by Gasteiger charge is 2.00. The van der Waals surface area contributed by atoms with Gasteiger partial charge in [-0.2, -0.15) is 5.10 Å². The first-order chi connectivity index (χ1) is 7.13. The predicted molar refractivity (Wildman–Crippen MR) is 59.0 cm³/mol. The van der Waals surface area contributed by atoms with Gasteiger partial charge >= 0.3 is 0 Å². The molecule has 0 aromatic heterocycles. The topological polar surface area (TPSA) is 76.8 Å². The van der Waals surface area contributed by atoms with E-state index in [4.69, 9.17) is 11.5 Å². The fourth-order valence-corrected chi connectivity index (χ4v) is 1.09. The molecule has 1 aromatic rings. The molecule has 80 valence electrons. The van der Waals surface area contributed by atoms with E-state index in [2.05, 4.69) is 10.2 Å². The van der Waals surface area contributed by atoms with Gasteiger partial charge in [0.25, 0.3) is 0 Å². The number of nitrogens with zero attached hydrogens (tertiary/aromatic N) is 2. The van der Waals surface area contributed by atoms with E-state index in [1.165, 1.54) is 12.1 Å². The molecule has 0 aliphatic heterocycles. The molecule has 1 aromatic carbocycles. The summed E-state index contributed by atoms with van der Waals surface area (Å²) < 4.78 is 12.7. The second-order valence-corrected chi connectivity index (χ2v) is 2.93. The number of nitrogens with two attached hydrogens (primary N) is 2. The van der Waals surface area contributed by atoms with Crippen molar-refractivity contribution in [3.8, 4) is 0 Å². The third kappa shape index (κ3) is 3.38. The van der Waals surface area contributed by atoms with E-state index < -0.39 is 0 Å². The summed E-state index contributed by atoms with van der Waals surface area (Å²) in [7, 11) is 0. The molecule has 0 saturated heterocycles. The second-order valence-electron chi connectivity index (χ2n) is 2.93. The van der Waals surface area contributed by atoms with Crippen molar-refractivity contribution in [3.05, 3.63) is 35.6 Å². The van der Waals surface area contributed by atoms with Crippen LogP contribution in [0.4, 0.5) is 4.39 Å². The van der Waals surface area contributed by atoms with E-state index in [9.17, 15) is 4.39 Å². The highest BCUT2D eigenvalue weighted by atomic mass is 19.1. The SMILES string of the molecule is CCC(=NN=C(N)N)c1ccc(F)cc1. The number of halogens is 1. The van der Waals surface area contributed by atoms with E-state index in [0.29, 0.717) is 12.1 Å². The Morgan fingerprint density at radius 1 is 1.20 bits per heavy atom. The highest BCUT2D eigenvalue weighted by molar-refractivity contribution is 6.00. The number of guanidine groups is 1. The molecule has 0 aliphatic rings. The summed E-state index contributed by atoms with van der Waals surface area (Å²) in [5.41, 5.74) is 11.8. The van der Waals surface area contributed by atoms with Crippen LogP contribution in [0.3, 0.4) is 0 Å². The molecule has 15 heavy (non-hydrogen) atoms. The molecule has 0 unspecified atom stereocenters.